The van der Waals surface area contributed by atoms with Crippen LogP contribution in [0.2, 0.25) is 0 Å². The van der Waals surface area contributed by atoms with Gasteiger partial charge < -0.3 is 0 Å². The summed E-state index contributed by atoms with van der Waals surface area (Å²) < 4.78 is 0. The van der Waals surface area contributed by atoms with Crippen LogP contribution in [0, 0.1) is 0 Å². The van der Waals surface area contributed by atoms with Gasteiger partial charge in [0.25, 0.3) is 0 Å². The molecule has 0 atom stereocenters. The van der Waals surface area contributed by atoms with E-state index >= 15 is 0 Å². The van der Waals surface area contributed by atoms with Gasteiger partial charge in [0.1, 0.15) is 0 Å². The molecule has 0 aliphatic heterocycles. The molecule has 2 heteroatoms. The molecule has 2 nitrogen and oxygen atoms in total. The second-order valence-electron chi connectivity index (χ2n) is 20.4. The highest BCUT2D eigenvalue weighted by Crippen LogP contribution is 2.48. The number of benzene rings is 14. The summed E-state index contributed by atoms with van der Waals surface area (Å²) in [6, 6.07) is 92.3. The van der Waals surface area contributed by atoms with E-state index in [-0.39, 0.29) is 0 Å². The highest BCUT2D eigenvalue weighted by atomic mass is 14.7. The number of fused-ring (bicyclic) bond motifs is 2. The van der Waals surface area contributed by atoms with Gasteiger partial charge in [0.2, 0.25) is 0 Å². The maximum atomic E-state index is 4.73. The fourth-order valence-electron chi connectivity index (χ4n) is 12.8. The molecular formula is C74H44N2. The van der Waals surface area contributed by atoms with Crippen molar-refractivity contribution < 1.29 is 0 Å². The van der Waals surface area contributed by atoms with E-state index in [4.69, 9.17) is 4.98 Å². The first-order chi connectivity index (χ1) is 37.7. The lowest BCUT2D eigenvalue weighted by atomic mass is 9.83. The van der Waals surface area contributed by atoms with Crippen molar-refractivity contribution in [1.29, 1.82) is 0 Å². The largest absolute Gasteiger partial charge is 0.264 e. The number of hydrogen-bond acceptors (Lipinski definition) is 2. The van der Waals surface area contributed by atoms with Crippen LogP contribution in [0.5, 0.6) is 0 Å². The molecule has 2 heterocycles. The lowest BCUT2D eigenvalue weighted by Gasteiger charge is -2.20. The van der Waals surface area contributed by atoms with Gasteiger partial charge in [-0.25, -0.2) is 0 Å². The summed E-state index contributed by atoms with van der Waals surface area (Å²) in [6.45, 7) is 0. The van der Waals surface area contributed by atoms with Gasteiger partial charge in [0, 0.05) is 29.7 Å². The zero-order valence-corrected chi connectivity index (χ0v) is 41.3. The van der Waals surface area contributed by atoms with Crippen LogP contribution in [0.3, 0.4) is 0 Å². The number of rotatable bonds is 7. The van der Waals surface area contributed by atoms with Gasteiger partial charge in [-0.15, -0.1) is 0 Å². The zero-order valence-electron chi connectivity index (χ0n) is 41.3. The molecule has 0 N–H and O–H groups in total. The van der Waals surface area contributed by atoms with Crippen molar-refractivity contribution >= 4 is 86.2 Å². The number of nitrogens with zero attached hydrogens (tertiary/aromatic N) is 2. The molecule has 0 bridgehead atoms. The van der Waals surface area contributed by atoms with E-state index in [2.05, 4.69) is 242 Å². The molecule has 16 aromatic rings. The summed E-state index contributed by atoms with van der Waals surface area (Å²) in [6.07, 6.45) is 5.70. The predicted molar refractivity (Wildman–Crippen MR) is 323 cm³/mol. The Morgan fingerprint density at radius 1 is 0.211 bits per heavy atom. The molecular weight excluding hydrogens is 917 g/mol. The van der Waals surface area contributed by atoms with Crippen LogP contribution in [-0.4, -0.2) is 9.97 Å². The summed E-state index contributed by atoms with van der Waals surface area (Å²) in [5.74, 6) is 0. The molecule has 0 radical (unpaired) electrons. The van der Waals surface area contributed by atoms with Gasteiger partial charge >= 0.3 is 0 Å². The first-order valence-corrected chi connectivity index (χ1v) is 26.2. The van der Waals surface area contributed by atoms with Crippen molar-refractivity contribution in [3.63, 3.8) is 0 Å². The average Bonchev–Trinajstić information content (AvgIpc) is 3.57. The lowest BCUT2D eigenvalue weighted by Crippen LogP contribution is -1.93. The van der Waals surface area contributed by atoms with Crippen LogP contribution in [0.25, 0.3) is 164 Å². The van der Waals surface area contributed by atoms with E-state index in [1.165, 1.54) is 147 Å². The summed E-state index contributed by atoms with van der Waals surface area (Å²) in [5.41, 5.74) is 16.6. The third kappa shape index (κ3) is 6.54. The van der Waals surface area contributed by atoms with Gasteiger partial charge in [-0.1, -0.05) is 218 Å². The van der Waals surface area contributed by atoms with Gasteiger partial charge in [-0.05, 0) is 178 Å². The Hall–Kier alpha value is -10.0. The molecule has 2 aromatic heterocycles. The molecule has 0 spiro atoms. The van der Waals surface area contributed by atoms with Crippen molar-refractivity contribution in [2.75, 3.05) is 0 Å². The molecule has 0 saturated heterocycles. The number of hydrogen-bond donors (Lipinski definition) is 0. The predicted octanol–water partition coefficient (Wildman–Crippen LogP) is 20.2. The topological polar surface area (TPSA) is 25.8 Å². The van der Waals surface area contributed by atoms with Crippen LogP contribution in [0.1, 0.15) is 0 Å². The van der Waals surface area contributed by atoms with Crippen LogP contribution < -0.4 is 0 Å². The fourth-order valence-corrected chi connectivity index (χ4v) is 12.8. The van der Waals surface area contributed by atoms with Crippen molar-refractivity contribution in [3.8, 4) is 78.0 Å². The smallest absolute Gasteiger partial charge is 0.0708 e. The average molecular weight is 961 g/mol. The molecule has 14 aromatic carbocycles. The van der Waals surface area contributed by atoms with E-state index in [9.17, 15) is 0 Å². The van der Waals surface area contributed by atoms with Crippen LogP contribution in [0.15, 0.2) is 267 Å². The third-order valence-electron chi connectivity index (χ3n) is 16.4. The minimum absolute atomic E-state index is 0.994. The Morgan fingerprint density at radius 2 is 0.658 bits per heavy atom. The second kappa shape index (κ2) is 16.8. The van der Waals surface area contributed by atoms with E-state index in [1.54, 1.807) is 0 Å². The van der Waals surface area contributed by atoms with Crippen LogP contribution in [0.4, 0.5) is 0 Å². The first-order valence-electron chi connectivity index (χ1n) is 26.2. The SMILES string of the molecule is c1ccc(-c2ccc3ccc4c(-c5ccc(-c6cccc7cc(-c8cc(-c9ccc(-c%10cccc%11ccccc%10%11)cc9)c9ccc%10ccc(-c%11cccnc%11)c%11ccc8c9c%10%11)ccc67)cc5)ccc5ccc2c3c54)nc1. The molecule has 0 unspecified atom stereocenters. The van der Waals surface area contributed by atoms with Crippen molar-refractivity contribution in [1.82, 2.24) is 9.97 Å². The van der Waals surface area contributed by atoms with E-state index < -0.39 is 0 Å². The molecule has 350 valence electrons. The second-order valence-corrected chi connectivity index (χ2v) is 20.4. The van der Waals surface area contributed by atoms with Crippen molar-refractivity contribution in [3.05, 3.63) is 267 Å². The Balaban J connectivity index is 0.817. The summed E-state index contributed by atoms with van der Waals surface area (Å²) in [4.78, 5) is 9.25. The highest BCUT2D eigenvalue weighted by Gasteiger charge is 2.21. The fraction of sp³-hybridized carbons (Fsp3) is 0. The molecule has 0 saturated carbocycles. The van der Waals surface area contributed by atoms with Crippen LogP contribution in [-0.2, 0) is 0 Å². The number of aromatic nitrogens is 2. The summed E-state index contributed by atoms with van der Waals surface area (Å²) in [7, 11) is 0. The standard InChI is InChI=1S/C74H44N2/c1-2-12-56-45(8-1)9-5-13-57(56)46-20-22-49(23-21-46)68-43-69(67-39-38-64-61(55-11-7-40-75-44-55)32-25-52-29-37-66(68)74(67)73(52)64)54-30-33-60-53(42-54)10-6-14-58(60)47-16-18-48(19-17-47)59-31-24-50-28-36-65-62(70-15-3-4-41-76-70)34-26-51-27-35-63(59)71(50)72(51)65/h1-44H. The molecule has 0 aliphatic rings. The monoisotopic (exact) mass is 960 g/mol. The molecule has 0 aliphatic carbocycles. The van der Waals surface area contributed by atoms with Gasteiger partial charge in [0.05, 0.1) is 5.69 Å². The Kier molecular flexibility index (Phi) is 9.37. The molecule has 76 heavy (non-hydrogen) atoms. The summed E-state index contributed by atoms with van der Waals surface area (Å²) >= 11 is 0. The normalized spacial score (nSPS) is 11.9. The zero-order chi connectivity index (χ0) is 49.8. The van der Waals surface area contributed by atoms with E-state index in [0.29, 0.717) is 0 Å². The lowest BCUT2D eigenvalue weighted by molar-refractivity contribution is 1.33. The van der Waals surface area contributed by atoms with E-state index in [0.717, 1.165) is 16.8 Å². The molecule has 16 rings (SSSR count). The van der Waals surface area contributed by atoms with Gasteiger partial charge in [-0.2, -0.15) is 0 Å². The quantitative estimate of drug-likeness (QED) is 0.149. The third-order valence-corrected chi connectivity index (χ3v) is 16.4. The highest BCUT2D eigenvalue weighted by molar-refractivity contribution is 6.31. The Labute approximate surface area is 439 Å². The first kappa shape index (κ1) is 42.5. The van der Waals surface area contributed by atoms with Gasteiger partial charge in [-0.3, -0.25) is 9.97 Å². The Bertz CT molecular complexity index is 4940. The Morgan fingerprint density at radius 3 is 1.28 bits per heavy atom. The maximum Gasteiger partial charge on any atom is 0.0708 e. The minimum atomic E-state index is 0.994. The molecule has 0 amide bonds. The van der Waals surface area contributed by atoms with Crippen LogP contribution >= 0.6 is 0 Å². The minimum Gasteiger partial charge on any atom is -0.264 e. The molecule has 0 fully saturated rings. The van der Waals surface area contributed by atoms with Gasteiger partial charge in [0.15, 0.2) is 0 Å². The number of pyridine rings is 2. The summed E-state index contributed by atoms with van der Waals surface area (Å²) in [5, 5.41) is 20.1. The maximum absolute atomic E-state index is 4.73. The van der Waals surface area contributed by atoms with Crippen molar-refractivity contribution in [2.45, 2.75) is 0 Å². The van der Waals surface area contributed by atoms with Crippen molar-refractivity contribution in [2.24, 2.45) is 0 Å². The van der Waals surface area contributed by atoms with E-state index in [1.807, 2.05) is 30.7 Å².